The summed E-state index contributed by atoms with van der Waals surface area (Å²) in [5, 5.41) is 12.2. The normalized spacial score (nSPS) is 13.2. The van der Waals surface area contributed by atoms with Gasteiger partial charge in [0.25, 0.3) is 0 Å². The predicted molar refractivity (Wildman–Crippen MR) is 110 cm³/mol. The van der Waals surface area contributed by atoms with Crippen molar-refractivity contribution in [3.63, 3.8) is 0 Å². The molecule has 0 saturated heterocycles. The quantitative estimate of drug-likeness (QED) is 0.593. The summed E-state index contributed by atoms with van der Waals surface area (Å²) in [5.74, 6) is 0.201. The van der Waals surface area contributed by atoms with Crippen LogP contribution in [0.15, 0.2) is 53.7 Å². The number of benzene rings is 2. The van der Waals surface area contributed by atoms with Crippen LogP contribution in [0.1, 0.15) is 25.5 Å². The van der Waals surface area contributed by atoms with Crippen molar-refractivity contribution in [3.05, 3.63) is 64.9 Å². The highest BCUT2D eigenvalue weighted by molar-refractivity contribution is 8.00. The minimum atomic E-state index is -0.384. The Labute approximate surface area is 172 Å². The summed E-state index contributed by atoms with van der Waals surface area (Å²) in [4.78, 5) is 12.6. The van der Waals surface area contributed by atoms with Gasteiger partial charge in [-0.3, -0.25) is 4.79 Å². The Bertz CT molecular complexity index is 977. The van der Waals surface area contributed by atoms with E-state index in [9.17, 15) is 9.18 Å². The number of nitrogens with one attached hydrogen (secondary N) is 1. The van der Waals surface area contributed by atoms with Crippen LogP contribution in [0.25, 0.3) is 11.4 Å². The Kier molecular flexibility index (Phi) is 6.36. The second-order valence-electron chi connectivity index (χ2n) is 6.39. The lowest BCUT2D eigenvalue weighted by molar-refractivity contribution is -0.120. The maximum Gasteiger partial charge on any atom is 0.233 e. The molecule has 2 aromatic carbocycles. The first-order valence-corrected chi connectivity index (χ1v) is 9.99. The molecule has 0 bridgehead atoms. The zero-order valence-corrected chi connectivity index (χ0v) is 17.3. The van der Waals surface area contributed by atoms with Crippen LogP contribution < -0.4 is 5.32 Å². The Morgan fingerprint density at radius 1 is 1.14 bits per heavy atom. The topological polar surface area (TPSA) is 59.8 Å². The molecule has 0 fully saturated rings. The molecule has 146 valence electrons. The fourth-order valence-corrected chi connectivity index (χ4v) is 3.72. The Hall–Kier alpha value is -2.38. The fraction of sp³-hybridized carbons (Fsp3) is 0.250. The second-order valence-corrected chi connectivity index (χ2v) is 8.10. The van der Waals surface area contributed by atoms with Gasteiger partial charge in [0.1, 0.15) is 5.82 Å². The van der Waals surface area contributed by atoms with Gasteiger partial charge in [0.05, 0.1) is 16.3 Å². The Morgan fingerprint density at radius 3 is 2.50 bits per heavy atom. The van der Waals surface area contributed by atoms with Crippen LogP contribution in [0.5, 0.6) is 0 Å². The van der Waals surface area contributed by atoms with Gasteiger partial charge in [0, 0.05) is 12.6 Å². The van der Waals surface area contributed by atoms with Crippen molar-refractivity contribution >= 4 is 29.3 Å². The number of aromatic nitrogens is 3. The average Bonchev–Trinajstić information content (AvgIpc) is 3.03. The maximum absolute atomic E-state index is 13.1. The van der Waals surface area contributed by atoms with E-state index in [1.165, 1.54) is 23.9 Å². The largest absolute Gasteiger partial charge is 0.349 e. The molecule has 8 heteroatoms. The Balaban J connectivity index is 1.67. The maximum atomic E-state index is 13.1. The van der Waals surface area contributed by atoms with E-state index in [-0.39, 0.29) is 23.0 Å². The molecule has 0 aliphatic carbocycles. The van der Waals surface area contributed by atoms with E-state index in [2.05, 4.69) is 15.5 Å². The third kappa shape index (κ3) is 4.54. The molecule has 0 spiro atoms. The molecule has 2 atom stereocenters. The van der Waals surface area contributed by atoms with Crippen LogP contribution in [-0.2, 0) is 11.8 Å². The first kappa shape index (κ1) is 20.4. The smallest absolute Gasteiger partial charge is 0.233 e. The minimum absolute atomic E-state index is 0.135. The van der Waals surface area contributed by atoms with Gasteiger partial charge in [-0.15, -0.1) is 10.2 Å². The zero-order chi connectivity index (χ0) is 20.3. The average molecular weight is 419 g/mol. The molecule has 1 aromatic heterocycles. The predicted octanol–water partition coefficient (Wildman–Crippen LogP) is 4.63. The number of carbonyl (C=O) groups is 1. The molecule has 0 aliphatic heterocycles. The van der Waals surface area contributed by atoms with E-state index in [1.807, 2.05) is 36.7 Å². The molecule has 1 amide bonds. The molecular formula is C20H20ClFN4OS. The van der Waals surface area contributed by atoms with Crippen LogP contribution in [-0.4, -0.2) is 25.9 Å². The van der Waals surface area contributed by atoms with Gasteiger partial charge < -0.3 is 9.88 Å². The van der Waals surface area contributed by atoms with Crippen LogP contribution in [0, 0.1) is 5.82 Å². The van der Waals surface area contributed by atoms with E-state index < -0.39 is 0 Å². The van der Waals surface area contributed by atoms with Crippen molar-refractivity contribution in [2.45, 2.75) is 30.3 Å². The third-order valence-corrected chi connectivity index (χ3v) is 5.79. The summed E-state index contributed by atoms with van der Waals surface area (Å²) in [6.07, 6.45) is 0. The fourth-order valence-electron chi connectivity index (χ4n) is 2.67. The molecule has 3 rings (SSSR count). The monoisotopic (exact) mass is 418 g/mol. The summed E-state index contributed by atoms with van der Waals surface area (Å²) in [6.45, 7) is 3.67. The van der Waals surface area contributed by atoms with Gasteiger partial charge >= 0.3 is 0 Å². The van der Waals surface area contributed by atoms with Crippen LogP contribution in [0.3, 0.4) is 0 Å². The number of rotatable bonds is 6. The van der Waals surface area contributed by atoms with E-state index >= 15 is 0 Å². The second kappa shape index (κ2) is 8.75. The minimum Gasteiger partial charge on any atom is -0.349 e. The zero-order valence-electron chi connectivity index (χ0n) is 15.7. The van der Waals surface area contributed by atoms with Crippen LogP contribution >= 0.6 is 23.4 Å². The van der Waals surface area contributed by atoms with Gasteiger partial charge in [-0.2, -0.15) is 0 Å². The highest BCUT2D eigenvalue weighted by atomic mass is 35.5. The number of amides is 1. The lowest BCUT2D eigenvalue weighted by atomic mass is 10.1. The molecule has 2 unspecified atom stereocenters. The molecule has 1 heterocycles. The molecule has 28 heavy (non-hydrogen) atoms. The molecular weight excluding hydrogens is 399 g/mol. The number of hydrogen-bond donors (Lipinski definition) is 1. The van der Waals surface area contributed by atoms with Gasteiger partial charge in [0.15, 0.2) is 11.0 Å². The van der Waals surface area contributed by atoms with Crippen molar-refractivity contribution in [2.75, 3.05) is 0 Å². The highest BCUT2D eigenvalue weighted by Crippen LogP contribution is 2.29. The summed E-state index contributed by atoms with van der Waals surface area (Å²) in [6, 6.07) is 13.3. The number of hydrogen-bond acceptors (Lipinski definition) is 4. The van der Waals surface area contributed by atoms with Gasteiger partial charge in [-0.1, -0.05) is 47.6 Å². The standard InChI is InChI=1S/C20H20ClFN4OS/c1-12(14-8-10-15(22)11-9-14)23-19(27)13(2)28-20-25-24-18(26(20)3)16-6-4-5-7-17(16)21/h4-13H,1-3H3,(H,23,27). The molecule has 0 aliphatic rings. The number of halogens is 2. The lowest BCUT2D eigenvalue weighted by Gasteiger charge is -2.17. The first-order valence-electron chi connectivity index (χ1n) is 8.73. The SMILES string of the molecule is CC(Sc1nnc(-c2ccccc2Cl)n1C)C(=O)NC(C)c1ccc(F)cc1. The lowest BCUT2D eigenvalue weighted by Crippen LogP contribution is -2.33. The number of thioether (sulfide) groups is 1. The first-order chi connectivity index (χ1) is 13.4. The molecule has 0 radical (unpaired) electrons. The summed E-state index contributed by atoms with van der Waals surface area (Å²) in [7, 11) is 1.84. The summed E-state index contributed by atoms with van der Waals surface area (Å²) < 4.78 is 14.9. The van der Waals surface area contributed by atoms with Crippen molar-refractivity contribution in [1.82, 2.24) is 20.1 Å². The van der Waals surface area contributed by atoms with E-state index in [0.717, 1.165) is 11.1 Å². The summed E-state index contributed by atoms with van der Waals surface area (Å²) >= 11 is 7.56. The molecule has 1 N–H and O–H groups in total. The van der Waals surface area contributed by atoms with E-state index in [0.29, 0.717) is 16.0 Å². The molecule has 0 saturated carbocycles. The van der Waals surface area contributed by atoms with E-state index in [1.54, 1.807) is 25.1 Å². The van der Waals surface area contributed by atoms with E-state index in [4.69, 9.17) is 11.6 Å². The molecule has 3 aromatic rings. The van der Waals surface area contributed by atoms with Gasteiger partial charge in [0.2, 0.25) is 5.91 Å². The van der Waals surface area contributed by atoms with Crippen LogP contribution in [0.4, 0.5) is 4.39 Å². The van der Waals surface area contributed by atoms with Crippen molar-refractivity contribution < 1.29 is 9.18 Å². The van der Waals surface area contributed by atoms with Crippen molar-refractivity contribution in [1.29, 1.82) is 0 Å². The summed E-state index contributed by atoms with van der Waals surface area (Å²) in [5.41, 5.74) is 1.62. The number of carbonyl (C=O) groups excluding carboxylic acids is 1. The molecule has 5 nitrogen and oxygen atoms in total. The van der Waals surface area contributed by atoms with Crippen molar-refractivity contribution in [3.8, 4) is 11.4 Å². The Morgan fingerprint density at radius 2 is 1.82 bits per heavy atom. The highest BCUT2D eigenvalue weighted by Gasteiger charge is 2.21. The van der Waals surface area contributed by atoms with Gasteiger partial charge in [-0.05, 0) is 43.7 Å². The van der Waals surface area contributed by atoms with Crippen molar-refractivity contribution in [2.24, 2.45) is 7.05 Å². The third-order valence-electron chi connectivity index (χ3n) is 4.33. The van der Waals surface area contributed by atoms with Crippen LogP contribution in [0.2, 0.25) is 5.02 Å². The number of nitrogens with zero attached hydrogens (tertiary/aromatic N) is 3. The van der Waals surface area contributed by atoms with Gasteiger partial charge in [-0.25, -0.2) is 4.39 Å².